The predicted molar refractivity (Wildman–Crippen MR) is 60.8 cm³/mol. The number of rotatable bonds is 3. The number of hydrogen-bond donors (Lipinski definition) is 2. The van der Waals surface area contributed by atoms with Crippen LogP contribution in [0.2, 0.25) is 0 Å². The molecule has 4 nitrogen and oxygen atoms in total. The minimum Gasteiger partial charge on any atom is -0.480 e. The van der Waals surface area contributed by atoms with E-state index in [1.807, 2.05) is 4.90 Å². The second kappa shape index (κ2) is 4.43. The molecule has 1 fully saturated rings. The minimum atomic E-state index is -1.14. The van der Waals surface area contributed by atoms with Crippen molar-refractivity contribution in [1.82, 2.24) is 4.90 Å². The Morgan fingerprint density at radius 2 is 2.12 bits per heavy atom. The molecule has 0 saturated carbocycles. The average molecular weight is 238 g/mol. The van der Waals surface area contributed by atoms with E-state index in [1.165, 1.54) is 12.1 Å². The lowest BCUT2D eigenvalue weighted by Crippen LogP contribution is -2.50. The van der Waals surface area contributed by atoms with E-state index >= 15 is 0 Å². The van der Waals surface area contributed by atoms with Crippen LogP contribution in [0.1, 0.15) is 12.0 Å². The van der Waals surface area contributed by atoms with E-state index in [1.54, 1.807) is 12.1 Å². The summed E-state index contributed by atoms with van der Waals surface area (Å²) in [6.07, 6.45) is 0.448. The van der Waals surface area contributed by atoms with Gasteiger partial charge in [0.1, 0.15) is 11.4 Å². The molecule has 2 rings (SSSR count). The summed E-state index contributed by atoms with van der Waals surface area (Å²) >= 11 is 0. The van der Waals surface area contributed by atoms with E-state index < -0.39 is 11.5 Å². The zero-order valence-electron chi connectivity index (χ0n) is 9.40. The highest BCUT2D eigenvalue weighted by molar-refractivity contribution is 5.79. The van der Waals surface area contributed by atoms with Crippen LogP contribution in [0.4, 0.5) is 4.39 Å². The van der Waals surface area contributed by atoms with Gasteiger partial charge in [-0.3, -0.25) is 9.69 Å². The molecule has 92 valence electrons. The van der Waals surface area contributed by atoms with Gasteiger partial charge < -0.3 is 10.8 Å². The number of aliphatic carboxylic acids is 1. The third-order valence-corrected chi connectivity index (χ3v) is 3.13. The first-order valence-corrected chi connectivity index (χ1v) is 5.49. The number of hydrogen-bond acceptors (Lipinski definition) is 3. The van der Waals surface area contributed by atoms with Crippen molar-refractivity contribution in [3.05, 3.63) is 35.6 Å². The van der Waals surface area contributed by atoms with Crippen LogP contribution in [0, 0.1) is 5.82 Å². The standard InChI is InChI=1S/C12H15FN2O2/c13-10-3-1-9(2-4-10)7-15-6-5-12(14,8-15)11(16)17/h1-4H,5-8,14H2,(H,16,17). The second-order valence-corrected chi connectivity index (χ2v) is 4.55. The van der Waals surface area contributed by atoms with Gasteiger partial charge in [0.05, 0.1) is 0 Å². The van der Waals surface area contributed by atoms with Crippen LogP contribution in [0.25, 0.3) is 0 Å². The maximum absolute atomic E-state index is 12.7. The zero-order chi connectivity index (χ0) is 12.5. The Balaban J connectivity index is 1.98. The first-order valence-electron chi connectivity index (χ1n) is 5.49. The second-order valence-electron chi connectivity index (χ2n) is 4.55. The van der Waals surface area contributed by atoms with Gasteiger partial charge in [0.2, 0.25) is 0 Å². The van der Waals surface area contributed by atoms with Crippen molar-refractivity contribution in [2.45, 2.75) is 18.5 Å². The number of nitrogens with zero attached hydrogens (tertiary/aromatic N) is 1. The predicted octanol–water partition coefficient (Wildman–Crippen LogP) is 0.813. The Morgan fingerprint density at radius 1 is 1.47 bits per heavy atom. The molecule has 1 unspecified atom stereocenters. The van der Waals surface area contributed by atoms with Gasteiger partial charge in [-0.05, 0) is 24.1 Å². The molecular weight excluding hydrogens is 223 g/mol. The molecule has 0 aliphatic carbocycles. The molecular formula is C12H15FN2O2. The van der Waals surface area contributed by atoms with Crippen LogP contribution in [-0.2, 0) is 11.3 Å². The van der Waals surface area contributed by atoms with E-state index in [-0.39, 0.29) is 5.82 Å². The first-order chi connectivity index (χ1) is 7.99. The van der Waals surface area contributed by atoms with Gasteiger partial charge in [-0.25, -0.2) is 4.39 Å². The van der Waals surface area contributed by atoms with Crippen molar-refractivity contribution < 1.29 is 14.3 Å². The number of carbonyl (C=O) groups is 1. The third-order valence-electron chi connectivity index (χ3n) is 3.13. The summed E-state index contributed by atoms with van der Waals surface area (Å²) in [6.45, 7) is 1.59. The van der Waals surface area contributed by atoms with E-state index in [0.717, 1.165) is 5.56 Å². The van der Waals surface area contributed by atoms with Gasteiger partial charge in [0.15, 0.2) is 0 Å². The Bertz CT molecular complexity index is 421. The molecule has 1 aliphatic heterocycles. The average Bonchev–Trinajstić information content (AvgIpc) is 2.65. The van der Waals surface area contributed by atoms with Crippen LogP contribution in [0.5, 0.6) is 0 Å². The number of carboxylic acids is 1. The fourth-order valence-electron chi connectivity index (χ4n) is 2.07. The largest absolute Gasteiger partial charge is 0.480 e. The van der Waals surface area contributed by atoms with Crippen LogP contribution in [-0.4, -0.2) is 34.6 Å². The van der Waals surface area contributed by atoms with E-state index in [0.29, 0.717) is 26.1 Å². The van der Waals surface area contributed by atoms with Crippen LogP contribution in [0.15, 0.2) is 24.3 Å². The molecule has 17 heavy (non-hydrogen) atoms. The summed E-state index contributed by atoms with van der Waals surface area (Å²) in [4.78, 5) is 12.9. The summed E-state index contributed by atoms with van der Waals surface area (Å²) in [6, 6.07) is 6.20. The van der Waals surface area contributed by atoms with Crippen molar-refractivity contribution in [2.75, 3.05) is 13.1 Å². The fraction of sp³-hybridized carbons (Fsp3) is 0.417. The fourth-order valence-corrected chi connectivity index (χ4v) is 2.07. The molecule has 0 amide bonds. The number of benzene rings is 1. The summed E-state index contributed by atoms with van der Waals surface area (Å²) in [5, 5.41) is 8.99. The Labute approximate surface area is 98.8 Å². The van der Waals surface area contributed by atoms with Crippen molar-refractivity contribution in [3.8, 4) is 0 Å². The van der Waals surface area contributed by atoms with Crippen molar-refractivity contribution in [2.24, 2.45) is 5.73 Å². The van der Waals surface area contributed by atoms with Crippen LogP contribution >= 0.6 is 0 Å². The highest BCUT2D eigenvalue weighted by Crippen LogP contribution is 2.21. The Morgan fingerprint density at radius 3 is 2.65 bits per heavy atom. The SMILES string of the molecule is NC1(C(=O)O)CCN(Cc2ccc(F)cc2)C1. The molecule has 0 bridgehead atoms. The van der Waals surface area contributed by atoms with Gasteiger partial charge in [-0.15, -0.1) is 0 Å². The molecule has 1 heterocycles. The lowest BCUT2D eigenvalue weighted by Gasteiger charge is -2.20. The number of nitrogens with two attached hydrogens (primary N) is 1. The summed E-state index contributed by atoms with van der Waals surface area (Å²) in [5.74, 6) is -1.23. The Kier molecular flexibility index (Phi) is 3.13. The van der Waals surface area contributed by atoms with Gasteiger partial charge in [-0.1, -0.05) is 12.1 Å². The maximum atomic E-state index is 12.7. The highest BCUT2D eigenvalue weighted by Gasteiger charge is 2.40. The lowest BCUT2D eigenvalue weighted by atomic mass is 10.0. The summed E-state index contributed by atoms with van der Waals surface area (Å²) in [5.41, 5.74) is 5.59. The van der Waals surface area contributed by atoms with Crippen LogP contribution < -0.4 is 5.73 Å². The molecule has 1 saturated heterocycles. The monoisotopic (exact) mass is 238 g/mol. The normalized spacial score (nSPS) is 25.1. The molecule has 5 heteroatoms. The van der Waals surface area contributed by atoms with E-state index in [4.69, 9.17) is 10.8 Å². The van der Waals surface area contributed by atoms with Crippen molar-refractivity contribution in [1.29, 1.82) is 0 Å². The maximum Gasteiger partial charge on any atom is 0.325 e. The third kappa shape index (κ3) is 2.62. The lowest BCUT2D eigenvalue weighted by molar-refractivity contribution is -0.142. The van der Waals surface area contributed by atoms with E-state index in [9.17, 15) is 9.18 Å². The smallest absolute Gasteiger partial charge is 0.325 e. The van der Waals surface area contributed by atoms with Crippen LogP contribution in [0.3, 0.4) is 0 Å². The number of likely N-dealkylation sites (tertiary alicyclic amines) is 1. The molecule has 0 aromatic heterocycles. The highest BCUT2D eigenvalue weighted by atomic mass is 19.1. The van der Waals surface area contributed by atoms with E-state index in [2.05, 4.69) is 0 Å². The van der Waals surface area contributed by atoms with Gasteiger partial charge >= 0.3 is 5.97 Å². The first kappa shape index (κ1) is 12.0. The topological polar surface area (TPSA) is 66.6 Å². The quantitative estimate of drug-likeness (QED) is 0.818. The van der Waals surface area contributed by atoms with Gasteiger partial charge in [0.25, 0.3) is 0 Å². The molecule has 1 aliphatic rings. The molecule has 1 atom stereocenters. The van der Waals surface area contributed by atoms with Crippen molar-refractivity contribution >= 4 is 5.97 Å². The molecule has 1 aromatic carbocycles. The molecule has 0 radical (unpaired) electrons. The Hall–Kier alpha value is -1.46. The molecule has 1 aromatic rings. The summed E-state index contributed by atoms with van der Waals surface area (Å²) in [7, 11) is 0. The van der Waals surface area contributed by atoms with Gasteiger partial charge in [0, 0.05) is 19.6 Å². The number of carboxylic acid groups (broad SMARTS) is 1. The molecule has 3 N–H and O–H groups in total. The summed E-state index contributed by atoms with van der Waals surface area (Å²) < 4.78 is 12.7. The zero-order valence-corrected chi connectivity index (χ0v) is 9.40. The number of halogens is 1. The van der Waals surface area contributed by atoms with Gasteiger partial charge in [-0.2, -0.15) is 0 Å². The van der Waals surface area contributed by atoms with Crippen molar-refractivity contribution in [3.63, 3.8) is 0 Å². The minimum absolute atomic E-state index is 0.270. The molecule has 0 spiro atoms.